The second kappa shape index (κ2) is 18.1. The van der Waals surface area contributed by atoms with Crippen LogP contribution < -0.4 is 20.2 Å². The van der Waals surface area contributed by atoms with Gasteiger partial charge in [-0.05, 0) is 117 Å². The van der Waals surface area contributed by atoms with Crippen molar-refractivity contribution in [3.8, 4) is 0 Å². The third-order valence-corrected chi connectivity index (χ3v) is 23.3. The minimum Gasteiger partial charge on any atom is -0.454 e. The molecule has 17 rings (SSSR count). The molecule has 17 aromatic rings. The van der Waals surface area contributed by atoms with E-state index in [1.165, 1.54) is 108 Å². The number of rotatable bonds is 8. The zero-order valence-electron chi connectivity index (χ0n) is 52.2. The van der Waals surface area contributed by atoms with Gasteiger partial charge in [-0.3, -0.25) is 0 Å². The van der Waals surface area contributed by atoms with Crippen molar-refractivity contribution in [1.29, 1.82) is 0 Å². The van der Waals surface area contributed by atoms with Gasteiger partial charge in [0.05, 0.1) is 72.0 Å². The summed E-state index contributed by atoms with van der Waals surface area (Å²) in [6.45, 7) is 28.4. The molecule has 0 atom stereocenters. The topological polar surface area (TPSA) is 41.6 Å². The van der Waals surface area contributed by atoms with Gasteiger partial charge in [-0.2, -0.15) is 0 Å². The molecule has 0 aliphatic heterocycles. The van der Waals surface area contributed by atoms with Gasteiger partial charge in [-0.1, -0.05) is 202 Å². The van der Waals surface area contributed by atoms with Crippen molar-refractivity contribution in [2.75, 3.05) is 9.80 Å². The van der Waals surface area contributed by atoms with E-state index in [0.717, 1.165) is 67.2 Å². The molecule has 0 bridgehead atoms. The average Bonchev–Trinajstić information content (AvgIpc) is 1.53. The van der Waals surface area contributed by atoms with Crippen molar-refractivity contribution >= 4 is 181 Å². The molecule has 6 heterocycles. The second-order valence-electron chi connectivity index (χ2n) is 29.0. The van der Waals surface area contributed by atoms with Crippen LogP contribution >= 0.6 is 0 Å². The average molecular weight is 1180 g/mol. The number of anilines is 6. The van der Waals surface area contributed by atoms with Gasteiger partial charge in [0, 0.05) is 76.0 Å². The van der Waals surface area contributed by atoms with E-state index in [1.54, 1.807) is 0 Å². The van der Waals surface area contributed by atoms with Gasteiger partial charge in [0.15, 0.2) is 11.2 Å². The highest BCUT2D eigenvalue weighted by molar-refractivity contribution is 6.90. The van der Waals surface area contributed by atoms with Crippen LogP contribution in [0.25, 0.3) is 120 Å². The molecule has 0 spiro atoms. The van der Waals surface area contributed by atoms with Crippen molar-refractivity contribution < 1.29 is 8.83 Å². The summed E-state index contributed by atoms with van der Waals surface area (Å²) in [6, 6.07) is 77.7. The Balaban J connectivity index is 0.964. The molecule has 88 heavy (non-hydrogen) atoms. The first-order valence-electron chi connectivity index (χ1n) is 31.2. The number of benzene rings is 11. The van der Waals surface area contributed by atoms with Crippen LogP contribution in [0, 0.1) is 0 Å². The van der Waals surface area contributed by atoms with Crippen molar-refractivity contribution in [2.24, 2.45) is 0 Å². The summed E-state index contributed by atoms with van der Waals surface area (Å²) in [5.41, 5.74) is 19.9. The largest absolute Gasteiger partial charge is 0.454 e. The Labute approximate surface area is 514 Å². The monoisotopic (exact) mass is 1170 g/mol. The molecule has 430 valence electrons. The maximum Gasteiger partial charge on any atom is 0.159 e. The Morgan fingerprint density at radius 2 is 0.682 bits per heavy atom. The lowest BCUT2D eigenvalue weighted by molar-refractivity contribution is 0.591. The number of para-hydroxylation sites is 6. The molecule has 8 heteroatoms. The first kappa shape index (κ1) is 52.9. The van der Waals surface area contributed by atoms with E-state index < -0.39 is 16.1 Å². The highest BCUT2D eigenvalue weighted by atomic mass is 28.3. The van der Waals surface area contributed by atoms with Crippen molar-refractivity contribution in [3.63, 3.8) is 0 Å². The van der Waals surface area contributed by atoms with E-state index in [9.17, 15) is 0 Å². The van der Waals surface area contributed by atoms with Gasteiger partial charge < -0.3 is 27.4 Å². The Hall–Kier alpha value is -9.35. The third-order valence-electron chi connectivity index (χ3n) is 19.3. The van der Waals surface area contributed by atoms with Gasteiger partial charge >= 0.3 is 0 Å². The number of fused-ring (bicyclic) bond motifs is 18. The Kier molecular flexibility index (Phi) is 10.9. The van der Waals surface area contributed by atoms with Crippen LogP contribution in [0.2, 0.25) is 39.3 Å². The quantitative estimate of drug-likeness (QED) is 0.142. The molecule has 11 aromatic carbocycles. The maximum absolute atomic E-state index is 7.25. The smallest absolute Gasteiger partial charge is 0.159 e. The van der Waals surface area contributed by atoms with Gasteiger partial charge in [0.1, 0.15) is 11.2 Å². The summed E-state index contributed by atoms with van der Waals surface area (Å²) in [7, 11) is -3.55. The standard InChI is InChI=1S/C80H70N4O2Si2/c1-79(2,3)47-35-39-61-59(43-47)71-63(81(49-23-15-13-16-24-49)65-31-19-27-53-55-29-21-33-69(87(7,8)9)77(55)85-75(53)65)41-37-51-57-46-68-58(45-67(57)83(61)73(51)71)52-38-42-64(72-60-44-48(80(4,5)6)36-40-62(60)84(68)74(52)72)82(50-25-17-14-18-26-50)66-32-20-28-54-56-30-22-34-70(88(10,11)12)78(56)86-76(54)66/h13-46H,1-12H3. The predicted octanol–water partition coefficient (Wildman–Crippen LogP) is 22.4. The van der Waals surface area contributed by atoms with Gasteiger partial charge in [-0.15, -0.1) is 0 Å². The number of hydrogen-bond acceptors (Lipinski definition) is 4. The molecule has 0 saturated heterocycles. The molecule has 0 fully saturated rings. The molecule has 6 aromatic heterocycles. The fourth-order valence-corrected chi connectivity index (χ4v) is 17.9. The SMILES string of the molecule is CC(C)(C)c1ccc2c(c1)c1c(N(c3ccccc3)c3cccc4c3oc3c([Si](C)(C)C)cccc34)ccc3c4cc5c(cc4n2c31)c1ccc(N(c2ccccc2)c2cccc3c2oc2c([Si](C)(C)C)cccc23)c2c3cc(C(C)(C)C)ccc3n5c12. The van der Waals surface area contributed by atoms with E-state index in [2.05, 4.69) is 306 Å². The van der Waals surface area contributed by atoms with Crippen LogP contribution in [-0.2, 0) is 10.8 Å². The number of hydrogen-bond donors (Lipinski definition) is 0. The molecule has 0 radical (unpaired) electrons. The summed E-state index contributed by atoms with van der Waals surface area (Å²) in [4.78, 5) is 4.93. The molecule has 0 amide bonds. The molecule has 0 N–H and O–H groups in total. The zero-order valence-corrected chi connectivity index (χ0v) is 54.2. The van der Waals surface area contributed by atoms with Crippen molar-refractivity contribution in [2.45, 2.75) is 91.7 Å². The minimum absolute atomic E-state index is 0.0798. The van der Waals surface area contributed by atoms with Crippen LogP contribution in [0.3, 0.4) is 0 Å². The Morgan fingerprint density at radius 1 is 0.307 bits per heavy atom. The van der Waals surface area contributed by atoms with E-state index in [-0.39, 0.29) is 10.8 Å². The fourth-order valence-electron chi connectivity index (χ4n) is 15.0. The van der Waals surface area contributed by atoms with Crippen LogP contribution in [0.1, 0.15) is 52.7 Å². The number of furan rings is 2. The fraction of sp³-hybridized carbons (Fsp3) is 0.175. The molecule has 0 saturated carbocycles. The van der Waals surface area contributed by atoms with Gasteiger partial charge in [0.2, 0.25) is 0 Å². The first-order valence-corrected chi connectivity index (χ1v) is 38.2. The normalized spacial score (nSPS) is 13.2. The Morgan fingerprint density at radius 3 is 1.06 bits per heavy atom. The summed E-state index contributed by atoms with van der Waals surface area (Å²) < 4.78 is 19.7. The number of aromatic nitrogens is 2. The summed E-state index contributed by atoms with van der Waals surface area (Å²) >= 11 is 0. The molecule has 0 aliphatic carbocycles. The minimum atomic E-state index is -1.78. The van der Waals surface area contributed by atoms with Crippen LogP contribution in [0.5, 0.6) is 0 Å². The second-order valence-corrected chi connectivity index (χ2v) is 39.0. The first-order chi connectivity index (χ1) is 42.2. The van der Waals surface area contributed by atoms with E-state index in [4.69, 9.17) is 8.83 Å². The van der Waals surface area contributed by atoms with Gasteiger partial charge in [0.25, 0.3) is 0 Å². The van der Waals surface area contributed by atoms with E-state index >= 15 is 0 Å². The highest BCUT2D eigenvalue weighted by Gasteiger charge is 2.33. The number of nitrogens with zero attached hydrogens (tertiary/aromatic N) is 4. The molecular formula is C80H70N4O2Si2. The lowest BCUT2D eigenvalue weighted by Crippen LogP contribution is -2.37. The van der Waals surface area contributed by atoms with Crippen LogP contribution in [0.15, 0.2) is 215 Å². The maximum atomic E-state index is 7.25. The highest BCUT2D eigenvalue weighted by Crippen LogP contribution is 2.54. The molecule has 0 unspecified atom stereocenters. The summed E-state index contributed by atoms with van der Waals surface area (Å²) in [5, 5.41) is 17.1. The van der Waals surface area contributed by atoms with Gasteiger partial charge in [-0.25, -0.2) is 0 Å². The van der Waals surface area contributed by atoms with Crippen molar-refractivity contribution in [3.05, 3.63) is 217 Å². The van der Waals surface area contributed by atoms with Crippen LogP contribution in [0.4, 0.5) is 34.1 Å². The molecule has 0 aliphatic rings. The predicted molar refractivity (Wildman–Crippen MR) is 383 cm³/mol. The lowest BCUT2D eigenvalue weighted by Gasteiger charge is -2.26. The molecular weight excluding hydrogens is 1110 g/mol. The zero-order chi connectivity index (χ0) is 60.2. The van der Waals surface area contributed by atoms with Crippen LogP contribution in [-0.4, -0.2) is 24.9 Å². The van der Waals surface area contributed by atoms with E-state index in [1.807, 2.05) is 0 Å². The summed E-state index contributed by atoms with van der Waals surface area (Å²) in [5.74, 6) is 0. The third kappa shape index (κ3) is 7.45. The van der Waals surface area contributed by atoms with Crippen molar-refractivity contribution in [1.82, 2.24) is 8.80 Å². The molecule has 6 nitrogen and oxygen atoms in total. The lowest BCUT2D eigenvalue weighted by atomic mass is 9.86. The Bertz CT molecular complexity index is 5380. The van der Waals surface area contributed by atoms with E-state index in [0.29, 0.717) is 0 Å². The summed E-state index contributed by atoms with van der Waals surface area (Å²) in [6.07, 6.45) is 0.